The van der Waals surface area contributed by atoms with Gasteiger partial charge in [0.1, 0.15) is 5.82 Å². The Morgan fingerprint density at radius 1 is 1.22 bits per heavy atom. The van der Waals surface area contributed by atoms with Crippen molar-refractivity contribution in [3.8, 4) is 0 Å². The Hall–Kier alpha value is -2.22. The number of amides is 2. The summed E-state index contributed by atoms with van der Waals surface area (Å²) in [6, 6.07) is 0. The first-order valence-electron chi connectivity index (χ1n) is 9.64. The summed E-state index contributed by atoms with van der Waals surface area (Å²) in [7, 11) is 0. The smallest absolute Gasteiger partial charge is 0.242 e. The number of thiazole rings is 1. The minimum Gasteiger partial charge on any atom is -0.340 e. The second-order valence-corrected chi connectivity index (χ2v) is 8.06. The van der Waals surface area contributed by atoms with Crippen molar-refractivity contribution in [2.24, 2.45) is 0 Å². The molecule has 0 N–H and O–H groups in total. The number of hydrogen-bond acceptors (Lipinski definition) is 5. The Labute approximate surface area is 163 Å². The molecular formula is C19H25N5O2S. The fourth-order valence-electron chi connectivity index (χ4n) is 4.01. The van der Waals surface area contributed by atoms with E-state index in [1.54, 1.807) is 16.2 Å². The third-order valence-corrected chi connectivity index (χ3v) is 6.09. The van der Waals surface area contributed by atoms with Gasteiger partial charge in [-0.05, 0) is 25.7 Å². The topological polar surface area (TPSA) is 71.3 Å². The van der Waals surface area contributed by atoms with Crippen LogP contribution in [0.2, 0.25) is 0 Å². The summed E-state index contributed by atoms with van der Waals surface area (Å²) < 4.78 is 2.14. The summed E-state index contributed by atoms with van der Waals surface area (Å²) >= 11 is 1.59. The average Bonchev–Trinajstić information content (AvgIpc) is 3.36. The van der Waals surface area contributed by atoms with Crippen LogP contribution >= 0.6 is 11.3 Å². The van der Waals surface area contributed by atoms with Crippen molar-refractivity contribution in [1.29, 1.82) is 0 Å². The zero-order chi connectivity index (χ0) is 18.6. The average molecular weight is 388 g/mol. The molecule has 2 amide bonds. The van der Waals surface area contributed by atoms with Crippen LogP contribution in [-0.2, 0) is 16.1 Å². The Morgan fingerprint density at radius 3 is 2.96 bits per heavy atom. The maximum atomic E-state index is 12.8. The summed E-state index contributed by atoms with van der Waals surface area (Å²) in [5.41, 5.74) is 2.88. The van der Waals surface area contributed by atoms with Crippen molar-refractivity contribution in [3.05, 3.63) is 34.8 Å². The van der Waals surface area contributed by atoms with Crippen LogP contribution in [0.3, 0.4) is 0 Å². The second kappa shape index (κ2) is 8.21. The zero-order valence-corrected chi connectivity index (χ0v) is 16.2. The van der Waals surface area contributed by atoms with Crippen molar-refractivity contribution in [2.75, 3.05) is 26.2 Å². The van der Waals surface area contributed by atoms with Crippen molar-refractivity contribution in [1.82, 2.24) is 24.3 Å². The van der Waals surface area contributed by atoms with E-state index in [0.717, 1.165) is 43.7 Å². The third-order valence-electron chi connectivity index (χ3n) is 5.45. The van der Waals surface area contributed by atoms with Gasteiger partial charge in [0.15, 0.2) is 0 Å². The van der Waals surface area contributed by atoms with Gasteiger partial charge in [-0.1, -0.05) is 0 Å². The molecule has 1 atom stereocenters. The first kappa shape index (κ1) is 18.2. The first-order valence-corrected chi connectivity index (χ1v) is 10.6. The molecule has 0 radical (unpaired) electrons. The van der Waals surface area contributed by atoms with Crippen molar-refractivity contribution >= 4 is 23.2 Å². The van der Waals surface area contributed by atoms with Gasteiger partial charge in [-0.25, -0.2) is 9.97 Å². The number of piperidine rings is 2. The van der Waals surface area contributed by atoms with Crippen molar-refractivity contribution in [3.63, 3.8) is 0 Å². The molecule has 2 aliphatic rings. The highest BCUT2D eigenvalue weighted by Crippen LogP contribution is 2.26. The molecule has 0 aliphatic carbocycles. The maximum absolute atomic E-state index is 12.8. The number of likely N-dealkylation sites (tertiary alicyclic amines) is 2. The molecule has 2 aromatic heterocycles. The molecule has 0 aromatic carbocycles. The lowest BCUT2D eigenvalue weighted by Crippen LogP contribution is -2.47. The highest BCUT2D eigenvalue weighted by atomic mass is 32.1. The number of carbonyl (C=O) groups excluding carboxylic acids is 2. The van der Waals surface area contributed by atoms with E-state index in [2.05, 4.69) is 19.9 Å². The van der Waals surface area contributed by atoms with E-state index < -0.39 is 0 Å². The SMILES string of the molecule is O=C1CCCCN1CC(=O)N1CCC[C@H](c2nccn2Cc2cscn2)C1. The van der Waals surface area contributed by atoms with Crippen LogP contribution in [0.15, 0.2) is 23.3 Å². The van der Waals surface area contributed by atoms with Gasteiger partial charge in [-0.3, -0.25) is 9.59 Å². The van der Waals surface area contributed by atoms with Crippen molar-refractivity contribution in [2.45, 2.75) is 44.6 Å². The molecule has 27 heavy (non-hydrogen) atoms. The van der Waals surface area contributed by atoms with E-state index in [4.69, 9.17) is 0 Å². The Kier molecular flexibility index (Phi) is 5.52. The molecule has 0 spiro atoms. The highest BCUT2D eigenvalue weighted by molar-refractivity contribution is 7.07. The highest BCUT2D eigenvalue weighted by Gasteiger charge is 2.29. The van der Waals surface area contributed by atoms with Gasteiger partial charge in [0.25, 0.3) is 0 Å². The number of rotatable bonds is 5. The van der Waals surface area contributed by atoms with E-state index in [0.29, 0.717) is 26.1 Å². The number of nitrogens with zero attached hydrogens (tertiary/aromatic N) is 5. The Balaban J connectivity index is 1.40. The van der Waals surface area contributed by atoms with Gasteiger partial charge in [-0.2, -0.15) is 0 Å². The number of carbonyl (C=O) groups is 2. The van der Waals surface area contributed by atoms with Crippen LogP contribution in [-0.4, -0.2) is 62.3 Å². The lowest BCUT2D eigenvalue weighted by molar-refractivity contribution is -0.142. The maximum Gasteiger partial charge on any atom is 0.242 e. The molecule has 0 unspecified atom stereocenters. The fraction of sp³-hybridized carbons (Fsp3) is 0.579. The van der Waals surface area contributed by atoms with Crippen LogP contribution in [0.4, 0.5) is 0 Å². The number of imidazole rings is 1. The molecule has 0 bridgehead atoms. The van der Waals surface area contributed by atoms with E-state index in [9.17, 15) is 9.59 Å². The second-order valence-electron chi connectivity index (χ2n) is 7.34. The molecule has 2 saturated heterocycles. The molecule has 2 aliphatic heterocycles. The number of hydrogen-bond donors (Lipinski definition) is 0. The normalized spacial score (nSPS) is 20.9. The Morgan fingerprint density at radius 2 is 2.15 bits per heavy atom. The standard InChI is InChI=1S/C19H25N5O2S/c25-17-5-1-2-7-23(17)12-18(26)22-8-3-4-15(10-22)19-20-6-9-24(19)11-16-13-27-14-21-16/h6,9,13-15H,1-5,7-8,10-12H2/t15-/m0/s1. The molecule has 2 fully saturated rings. The summed E-state index contributed by atoms with van der Waals surface area (Å²) in [4.78, 5) is 37.3. The number of aromatic nitrogens is 3. The molecule has 144 valence electrons. The minimum absolute atomic E-state index is 0.0626. The van der Waals surface area contributed by atoms with Gasteiger partial charge in [0, 0.05) is 49.7 Å². The van der Waals surface area contributed by atoms with Crippen molar-refractivity contribution < 1.29 is 9.59 Å². The van der Waals surface area contributed by atoms with Gasteiger partial charge >= 0.3 is 0 Å². The largest absolute Gasteiger partial charge is 0.340 e. The van der Waals surface area contributed by atoms with Crippen LogP contribution in [0, 0.1) is 0 Å². The fourth-order valence-corrected chi connectivity index (χ4v) is 4.56. The summed E-state index contributed by atoms with van der Waals surface area (Å²) in [6.45, 7) is 3.09. The summed E-state index contributed by atoms with van der Waals surface area (Å²) in [6.07, 6.45) is 8.32. The summed E-state index contributed by atoms with van der Waals surface area (Å²) in [5.74, 6) is 1.43. The zero-order valence-electron chi connectivity index (χ0n) is 15.4. The molecule has 0 saturated carbocycles. The van der Waals surface area contributed by atoms with Gasteiger partial charge < -0.3 is 14.4 Å². The van der Waals surface area contributed by atoms with Crippen LogP contribution in [0.25, 0.3) is 0 Å². The lowest BCUT2D eigenvalue weighted by atomic mass is 9.97. The predicted molar refractivity (Wildman–Crippen MR) is 102 cm³/mol. The molecular weight excluding hydrogens is 362 g/mol. The van der Waals surface area contributed by atoms with Crippen LogP contribution in [0.1, 0.15) is 49.5 Å². The predicted octanol–water partition coefficient (Wildman–Crippen LogP) is 2.11. The molecule has 4 rings (SSSR count). The molecule has 7 nitrogen and oxygen atoms in total. The minimum atomic E-state index is 0.0626. The molecule has 2 aromatic rings. The first-order chi connectivity index (χ1) is 13.2. The summed E-state index contributed by atoms with van der Waals surface area (Å²) in [5, 5.41) is 2.05. The Bertz CT molecular complexity index is 788. The monoisotopic (exact) mass is 387 g/mol. The van der Waals surface area contributed by atoms with Gasteiger partial charge in [0.05, 0.1) is 24.3 Å². The van der Waals surface area contributed by atoms with Crippen LogP contribution in [0.5, 0.6) is 0 Å². The van der Waals surface area contributed by atoms with E-state index in [-0.39, 0.29) is 24.3 Å². The van der Waals surface area contributed by atoms with Gasteiger partial charge in [0.2, 0.25) is 11.8 Å². The lowest BCUT2D eigenvalue weighted by Gasteiger charge is -2.35. The van der Waals surface area contributed by atoms with E-state index in [1.807, 2.05) is 22.8 Å². The molecule has 8 heteroatoms. The quantitative estimate of drug-likeness (QED) is 0.788. The third kappa shape index (κ3) is 4.21. The molecule has 4 heterocycles. The van der Waals surface area contributed by atoms with E-state index in [1.165, 1.54) is 0 Å². The van der Waals surface area contributed by atoms with Crippen LogP contribution < -0.4 is 0 Å². The van der Waals surface area contributed by atoms with E-state index >= 15 is 0 Å². The van der Waals surface area contributed by atoms with Gasteiger partial charge in [-0.15, -0.1) is 11.3 Å².